The van der Waals surface area contributed by atoms with Crippen LogP contribution in [0.2, 0.25) is 0 Å². The SMILES string of the molecule is CN(C)NCCNN(C)C. The second kappa shape index (κ2) is 5.61. The van der Waals surface area contributed by atoms with Gasteiger partial charge in [-0.2, -0.15) is 0 Å². The van der Waals surface area contributed by atoms with E-state index < -0.39 is 0 Å². The summed E-state index contributed by atoms with van der Waals surface area (Å²) >= 11 is 0. The van der Waals surface area contributed by atoms with Gasteiger partial charge in [-0.3, -0.25) is 20.9 Å². The molecule has 0 atom stereocenters. The molecular weight excluding hydrogens is 128 g/mol. The zero-order valence-electron chi connectivity index (χ0n) is 7.31. The number of rotatable bonds is 5. The first-order valence-corrected chi connectivity index (χ1v) is 3.44. The predicted octanol–water partition coefficient (Wildman–Crippen LogP) is -0.881. The van der Waals surface area contributed by atoms with Crippen LogP contribution in [-0.2, 0) is 0 Å². The molecule has 0 radical (unpaired) electrons. The molecule has 0 aromatic carbocycles. The summed E-state index contributed by atoms with van der Waals surface area (Å²) in [5, 5.41) is 3.88. The maximum atomic E-state index is 3.14. The Bertz CT molecular complexity index is 62.1. The van der Waals surface area contributed by atoms with E-state index >= 15 is 0 Å². The minimum absolute atomic E-state index is 0.950. The molecule has 0 aromatic heterocycles. The minimum Gasteiger partial charge on any atom is -0.254 e. The van der Waals surface area contributed by atoms with Crippen LogP contribution in [0.5, 0.6) is 0 Å². The van der Waals surface area contributed by atoms with Crippen molar-refractivity contribution in [1.82, 2.24) is 20.9 Å². The van der Waals surface area contributed by atoms with E-state index in [-0.39, 0.29) is 0 Å². The highest BCUT2D eigenvalue weighted by molar-refractivity contribution is 4.42. The average Bonchev–Trinajstić information content (AvgIpc) is 1.79. The first-order chi connectivity index (χ1) is 4.63. The smallest absolute Gasteiger partial charge is 0.0241 e. The minimum atomic E-state index is 0.950. The molecule has 0 rings (SSSR count). The quantitative estimate of drug-likeness (QED) is 0.389. The second-order valence-electron chi connectivity index (χ2n) is 2.61. The van der Waals surface area contributed by atoms with Crippen LogP contribution in [0.4, 0.5) is 0 Å². The lowest BCUT2D eigenvalue weighted by Crippen LogP contribution is -2.40. The zero-order valence-corrected chi connectivity index (χ0v) is 7.31. The molecule has 2 N–H and O–H groups in total. The number of nitrogens with one attached hydrogen (secondary N) is 2. The van der Waals surface area contributed by atoms with Crippen LogP contribution in [0.1, 0.15) is 0 Å². The highest BCUT2D eigenvalue weighted by atomic mass is 15.5. The van der Waals surface area contributed by atoms with Crippen molar-refractivity contribution in [2.45, 2.75) is 0 Å². The highest BCUT2D eigenvalue weighted by Crippen LogP contribution is 1.64. The molecule has 0 bridgehead atoms. The fourth-order valence-electron chi connectivity index (χ4n) is 0.559. The van der Waals surface area contributed by atoms with Gasteiger partial charge in [0.25, 0.3) is 0 Å². The first-order valence-electron chi connectivity index (χ1n) is 3.44. The Hall–Kier alpha value is -0.160. The van der Waals surface area contributed by atoms with Gasteiger partial charge in [0.05, 0.1) is 0 Å². The number of hydrogen-bond acceptors (Lipinski definition) is 4. The Morgan fingerprint density at radius 2 is 1.10 bits per heavy atom. The zero-order chi connectivity index (χ0) is 7.98. The van der Waals surface area contributed by atoms with Crippen LogP contribution >= 0.6 is 0 Å². The third kappa shape index (κ3) is 7.84. The van der Waals surface area contributed by atoms with Gasteiger partial charge in [-0.15, -0.1) is 0 Å². The molecule has 0 aliphatic carbocycles. The third-order valence-corrected chi connectivity index (χ3v) is 0.981. The fourth-order valence-corrected chi connectivity index (χ4v) is 0.559. The molecule has 0 spiro atoms. The Morgan fingerprint density at radius 1 is 0.800 bits per heavy atom. The molecule has 4 heteroatoms. The van der Waals surface area contributed by atoms with E-state index in [1.807, 2.05) is 38.2 Å². The van der Waals surface area contributed by atoms with E-state index in [1.54, 1.807) is 0 Å². The first kappa shape index (κ1) is 9.84. The van der Waals surface area contributed by atoms with Gasteiger partial charge >= 0.3 is 0 Å². The Labute approximate surface area is 63.1 Å². The Balaban J connectivity index is 2.91. The Kier molecular flexibility index (Phi) is 5.52. The largest absolute Gasteiger partial charge is 0.254 e. The number of nitrogens with zero attached hydrogens (tertiary/aromatic N) is 2. The van der Waals surface area contributed by atoms with E-state index in [9.17, 15) is 0 Å². The summed E-state index contributed by atoms with van der Waals surface area (Å²) in [6.45, 7) is 1.90. The lowest BCUT2D eigenvalue weighted by atomic mass is 10.7. The lowest BCUT2D eigenvalue weighted by molar-refractivity contribution is 0.249. The molecule has 0 saturated heterocycles. The van der Waals surface area contributed by atoms with Gasteiger partial charge in [0.1, 0.15) is 0 Å². The lowest BCUT2D eigenvalue weighted by Gasteiger charge is -2.15. The van der Waals surface area contributed by atoms with Gasteiger partial charge < -0.3 is 0 Å². The summed E-state index contributed by atoms with van der Waals surface area (Å²) in [7, 11) is 7.93. The molecule has 4 nitrogen and oxygen atoms in total. The van der Waals surface area contributed by atoms with Crippen LogP contribution in [0.3, 0.4) is 0 Å². The maximum Gasteiger partial charge on any atom is 0.0241 e. The van der Waals surface area contributed by atoms with Gasteiger partial charge in [0.15, 0.2) is 0 Å². The summed E-state index contributed by atoms with van der Waals surface area (Å²) in [6.07, 6.45) is 0. The van der Waals surface area contributed by atoms with Gasteiger partial charge in [-0.1, -0.05) is 0 Å². The molecule has 0 aliphatic rings. The molecule has 0 heterocycles. The standard InChI is InChI=1S/C6H18N4/c1-9(2)7-5-6-8-10(3)4/h7-8H,5-6H2,1-4H3. The topological polar surface area (TPSA) is 30.5 Å². The maximum absolute atomic E-state index is 3.14. The van der Waals surface area contributed by atoms with Crippen molar-refractivity contribution < 1.29 is 0 Å². The van der Waals surface area contributed by atoms with Gasteiger partial charge in [0.2, 0.25) is 0 Å². The monoisotopic (exact) mass is 146 g/mol. The normalized spacial score (nSPS) is 11.4. The van der Waals surface area contributed by atoms with Crippen molar-refractivity contribution >= 4 is 0 Å². The molecule has 62 valence electrons. The van der Waals surface area contributed by atoms with Crippen LogP contribution in [0.15, 0.2) is 0 Å². The molecule has 10 heavy (non-hydrogen) atoms. The average molecular weight is 146 g/mol. The molecule has 0 amide bonds. The van der Waals surface area contributed by atoms with Crippen molar-refractivity contribution in [1.29, 1.82) is 0 Å². The van der Waals surface area contributed by atoms with Crippen molar-refractivity contribution in [2.24, 2.45) is 0 Å². The molecule has 0 unspecified atom stereocenters. The number of hydrazine groups is 2. The molecule has 0 aliphatic heterocycles. The van der Waals surface area contributed by atoms with E-state index in [4.69, 9.17) is 0 Å². The Morgan fingerprint density at radius 3 is 1.30 bits per heavy atom. The summed E-state index contributed by atoms with van der Waals surface area (Å²) in [5.74, 6) is 0. The fraction of sp³-hybridized carbons (Fsp3) is 1.00. The van der Waals surface area contributed by atoms with Crippen molar-refractivity contribution in [3.63, 3.8) is 0 Å². The van der Waals surface area contributed by atoms with Crippen LogP contribution in [0.25, 0.3) is 0 Å². The summed E-state index contributed by atoms with van der Waals surface area (Å²) < 4.78 is 0. The van der Waals surface area contributed by atoms with Gasteiger partial charge in [-0.05, 0) is 0 Å². The summed E-state index contributed by atoms with van der Waals surface area (Å²) in [6, 6.07) is 0. The van der Waals surface area contributed by atoms with Crippen molar-refractivity contribution in [3.8, 4) is 0 Å². The molecule has 0 fully saturated rings. The van der Waals surface area contributed by atoms with Crippen LogP contribution in [-0.4, -0.2) is 51.3 Å². The van der Waals surface area contributed by atoms with Gasteiger partial charge in [0, 0.05) is 41.3 Å². The molecule has 0 saturated carbocycles. The van der Waals surface area contributed by atoms with E-state index in [2.05, 4.69) is 10.9 Å². The summed E-state index contributed by atoms with van der Waals surface area (Å²) in [4.78, 5) is 0. The highest BCUT2D eigenvalue weighted by Gasteiger charge is 1.88. The van der Waals surface area contributed by atoms with E-state index in [1.165, 1.54) is 0 Å². The van der Waals surface area contributed by atoms with Gasteiger partial charge in [-0.25, -0.2) is 0 Å². The predicted molar refractivity (Wildman–Crippen MR) is 43.4 cm³/mol. The van der Waals surface area contributed by atoms with Crippen LogP contribution in [0, 0.1) is 0 Å². The van der Waals surface area contributed by atoms with Crippen molar-refractivity contribution in [2.75, 3.05) is 41.3 Å². The third-order valence-electron chi connectivity index (χ3n) is 0.981. The summed E-state index contributed by atoms with van der Waals surface area (Å²) in [5.41, 5.74) is 6.29. The van der Waals surface area contributed by atoms with Crippen LogP contribution < -0.4 is 10.9 Å². The van der Waals surface area contributed by atoms with Crippen molar-refractivity contribution in [3.05, 3.63) is 0 Å². The number of hydrogen-bond donors (Lipinski definition) is 2. The van der Waals surface area contributed by atoms with E-state index in [0.29, 0.717) is 0 Å². The second-order valence-corrected chi connectivity index (χ2v) is 2.61. The molecular formula is C6H18N4. The van der Waals surface area contributed by atoms with E-state index in [0.717, 1.165) is 13.1 Å². The molecule has 0 aromatic rings.